The Balaban J connectivity index is 0.000000404. The predicted octanol–water partition coefficient (Wildman–Crippen LogP) is 3.53. The van der Waals surface area contributed by atoms with E-state index >= 15 is 0 Å². The minimum atomic E-state index is 1.17. The van der Waals surface area contributed by atoms with Gasteiger partial charge in [0.15, 0.2) is 0 Å². The number of benzene rings is 2. The van der Waals surface area contributed by atoms with Gasteiger partial charge in [-0.3, -0.25) is 0 Å². The van der Waals surface area contributed by atoms with Crippen molar-refractivity contribution in [3.05, 3.63) is 48.5 Å². The van der Waals surface area contributed by atoms with Crippen molar-refractivity contribution in [3.8, 4) is 0 Å². The van der Waals surface area contributed by atoms with Crippen molar-refractivity contribution in [3.63, 3.8) is 0 Å². The molecule has 1 aromatic heterocycles. The van der Waals surface area contributed by atoms with E-state index in [0.717, 1.165) is 0 Å². The highest BCUT2D eigenvalue weighted by Gasteiger charge is 2.00. The largest absolute Gasteiger partial charge is 0.355 e. The van der Waals surface area contributed by atoms with Crippen LogP contribution in [0.15, 0.2) is 48.5 Å². The molecule has 3 aromatic rings. The third-order valence-corrected chi connectivity index (χ3v) is 2.41. The van der Waals surface area contributed by atoms with Crippen LogP contribution < -0.4 is 0 Å². The molecule has 0 fully saturated rings. The van der Waals surface area contributed by atoms with Crippen molar-refractivity contribution in [2.75, 3.05) is 0 Å². The zero-order valence-electron chi connectivity index (χ0n) is 8.10. The molecule has 0 bridgehead atoms. The summed E-state index contributed by atoms with van der Waals surface area (Å²) in [5.74, 6) is 0. The number of aromatic nitrogens is 1. The van der Waals surface area contributed by atoms with Crippen LogP contribution in [0.1, 0.15) is 0 Å². The summed E-state index contributed by atoms with van der Waals surface area (Å²) in [5, 5.41) is 2.61. The zero-order chi connectivity index (χ0) is 10.7. The molecule has 2 nitrogen and oxygen atoms in total. The van der Waals surface area contributed by atoms with Crippen molar-refractivity contribution in [1.82, 2.24) is 4.98 Å². The first kappa shape index (κ1) is 9.88. The second-order valence-corrected chi connectivity index (χ2v) is 3.22. The molecule has 0 saturated carbocycles. The molecule has 3 rings (SSSR count). The highest BCUT2D eigenvalue weighted by Crippen LogP contribution is 2.24. The quantitative estimate of drug-likeness (QED) is 0.573. The van der Waals surface area contributed by atoms with Gasteiger partial charge < -0.3 is 4.98 Å². The molecular formula is C12H11NOP+. The molecule has 0 aliphatic rings. The van der Waals surface area contributed by atoms with Crippen LogP contribution in [0.3, 0.4) is 0 Å². The Kier molecular flexibility index (Phi) is 2.79. The average Bonchev–Trinajstić information content (AvgIpc) is 2.70. The van der Waals surface area contributed by atoms with E-state index in [1.165, 1.54) is 30.9 Å². The van der Waals surface area contributed by atoms with Crippen molar-refractivity contribution in [2.24, 2.45) is 0 Å². The minimum Gasteiger partial charge on any atom is -0.355 e. The van der Waals surface area contributed by atoms with Gasteiger partial charge in [-0.15, -0.1) is 0 Å². The first-order valence-electron chi connectivity index (χ1n) is 4.64. The highest BCUT2D eigenvalue weighted by molar-refractivity contribution is 7.00. The molecule has 0 radical (unpaired) electrons. The number of hydrogen-bond acceptors (Lipinski definition) is 1. The molecule has 2 aromatic carbocycles. The fourth-order valence-corrected chi connectivity index (χ4v) is 1.80. The lowest BCUT2D eigenvalue weighted by molar-refractivity contribution is 0.607. The van der Waals surface area contributed by atoms with Crippen LogP contribution in [0.2, 0.25) is 0 Å². The zero-order valence-corrected chi connectivity index (χ0v) is 9.26. The molecule has 0 spiro atoms. The van der Waals surface area contributed by atoms with E-state index in [1.54, 1.807) is 0 Å². The molecule has 1 N–H and O–H groups in total. The van der Waals surface area contributed by atoms with Gasteiger partial charge >= 0.3 is 9.12 Å². The predicted molar refractivity (Wildman–Crippen MR) is 66.2 cm³/mol. The van der Waals surface area contributed by atoms with E-state index in [0.29, 0.717) is 0 Å². The molecule has 74 valence electrons. The van der Waals surface area contributed by atoms with Crippen LogP contribution in [-0.2, 0) is 4.57 Å². The molecule has 3 heteroatoms. The van der Waals surface area contributed by atoms with Gasteiger partial charge in [0.25, 0.3) is 0 Å². The van der Waals surface area contributed by atoms with Gasteiger partial charge in [-0.25, -0.2) is 0 Å². The van der Waals surface area contributed by atoms with E-state index in [9.17, 15) is 0 Å². The third-order valence-electron chi connectivity index (χ3n) is 2.41. The molecule has 0 saturated heterocycles. The van der Waals surface area contributed by atoms with Gasteiger partial charge in [0, 0.05) is 21.8 Å². The lowest BCUT2D eigenvalue weighted by Crippen LogP contribution is -1.62. The number of fused-ring (bicyclic) bond motifs is 3. The smallest absolute Gasteiger partial charge is 0.310 e. The summed E-state index contributed by atoms with van der Waals surface area (Å²) in [6, 6.07) is 16.8. The summed E-state index contributed by atoms with van der Waals surface area (Å²) in [6.07, 6.45) is 0. The first-order chi connectivity index (χ1) is 7.45. The van der Waals surface area contributed by atoms with Crippen LogP contribution in [0.25, 0.3) is 21.8 Å². The Morgan fingerprint density at radius 3 is 1.60 bits per heavy atom. The Morgan fingerprint density at radius 1 is 0.733 bits per heavy atom. The number of para-hydroxylation sites is 2. The standard InChI is InChI=1S/C12H9N.H2OP/c1-3-7-11-9(5-1)10-6-2-4-8-12(10)13-11;1-2/h1-8,13H;2H2/q;+1. The highest BCUT2D eigenvalue weighted by atomic mass is 31.0. The summed E-state index contributed by atoms with van der Waals surface area (Å²) in [6.45, 7) is 0. The van der Waals surface area contributed by atoms with E-state index in [-0.39, 0.29) is 0 Å². The Labute approximate surface area is 89.5 Å². The first-order valence-corrected chi connectivity index (χ1v) is 5.11. The Morgan fingerprint density at radius 2 is 1.13 bits per heavy atom. The summed E-state index contributed by atoms with van der Waals surface area (Å²) in [7, 11) is 1.17. The second-order valence-electron chi connectivity index (χ2n) is 3.22. The van der Waals surface area contributed by atoms with Crippen molar-refractivity contribution < 1.29 is 4.57 Å². The van der Waals surface area contributed by atoms with Crippen LogP contribution in [-0.4, -0.2) is 4.98 Å². The molecule has 1 unspecified atom stereocenters. The maximum atomic E-state index is 8.17. The van der Waals surface area contributed by atoms with E-state index < -0.39 is 0 Å². The molecule has 0 aliphatic heterocycles. The SMILES string of the molecule is O=[PH2+].c1ccc2c(c1)[nH]c1ccccc12. The van der Waals surface area contributed by atoms with Gasteiger partial charge in [-0.05, 0) is 12.1 Å². The van der Waals surface area contributed by atoms with Gasteiger partial charge in [-0.2, -0.15) is 0 Å². The number of nitrogens with one attached hydrogen (secondary N) is 1. The molecule has 0 aliphatic carbocycles. The van der Waals surface area contributed by atoms with Crippen molar-refractivity contribution >= 4 is 30.9 Å². The Bertz CT molecular complexity index is 538. The van der Waals surface area contributed by atoms with E-state index in [4.69, 9.17) is 4.57 Å². The molecule has 1 heterocycles. The summed E-state index contributed by atoms with van der Waals surface area (Å²) >= 11 is 0. The van der Waals surface area contributed by atoms with Crippen LogP contribution in [0.5, 0.6) is 0 Å². The normalized spacial score (nSPS) is 9.87. The van der Waals surface area contributed by atoms with Gasteiger partial charge in [0.1, 0.15) is 0 Å². The van der Waals surface area contributed by atoms with Gasteiger partial charge in [0.2, 0.25) is 0 Å². The number of rotatable bonds is 0. The van der Waals surface area contributed by atoms with Gasteiger partial charge in [-0.1, -0.05) is 41.0 Å². The maximum absolute atomic E-state index is 8.17. The number of aromatic amines is 1. The summed E-state index contributed by atoms with van der Waals surface area (Å²) in [4.78, 5) is 3.38. The fourth-order valence-electron chi connectivity index (χ4n) is 1.80. The van der Waals surface area contributed by atoms with E-state index in [2.05, 4.69) is 53.5 Å². The molecule has 0 amide bonds. The second kappa shape index (κ2) is 4.24. The van der Waals surface area contributed by atoms with Crippen molar-refractivity contribution in [1.29, 1.82) is 0 Å². The van der Waals surface area contributed by atoms with Crippen LogP contribution in [0.4, 0.5) is 0 Å². The minimum absolute atomic E-state index is 1.17. The van der Waals surface area contributed by atoms with Gasteiger partial charge in [0.05, 0.1) is 0 Å². The average molecular weight is 216 g/mol. The summed E-state index contributed by atoms with van der Waals surface area (Å²) in [5.41, 5.74) is 2.42. The van der Waals surface area contributed by atoms with Crippen LogP contribution in [0, 0.1) is 0 Å². The third kappa shape index (κ3) is 1.64. The maximum Gasteiger partial charge on any atom is 0.310 e. The Hall–Kier alpha value is -1.66. The summed E-state index contributed by atoms with van der Waals surface area (Å²) < 4.78 is 8.17. The molecule has 1 atom stereocenters. The van der Waals surface area contributed by atoms with E-state index in [1.807, 2.05) is 0 Å². The monoisotopic (exact) mass is 216 g/mol. The van der Waals surface area contributed by atoms with Crippen LogP contribution >= 0.6 is 9.12 Å². The molecule has 15 heavy (non-hydrogen) atoms. The number of hydrogen-bond donors (Lipinski definition) is 1. The molecular weight excluding hydrogens is 205 g/mol. The fraction of sp³-hybridized carbons (Fsp3) is 0. The van der Waals surface area contributed by atoms with Crippen molar-refractivity contribution in [2.45, 2.75) is 0 Å². The topological polar surface area (TPSA) is 32.9 Å². The lowest BCUT2D eigenvalue weighted by atomic mass is 10.2. The lowest BCUT2D eigenvalue weighted by Gasteiger charge is -1.87. The number of H-pyrrole nitrogens is 1.